The fourth-order valence-electron chi connectivity index (χ4n) is 5.69. The molecule has 0 aliphatic carbocycles. The average Bonchev–Trinajstić information content (AvgIpc) is 3.67. The van der Waals surface area contributed by atoms with Crippen LogP contribution in [-0.2, 0) is 0 Å². The van der Waals surface area contributed by atoms with E-state index < -0.39 is 11.8 Å². The van der Waals surface area contributed by atoms with Crippen LogP contribution in [0.2, 0.25) is 20.1 Å². The van der Waals surface area contributed by atoms with Crippen molar-refractivity contribution in [3.8, 4) is 23.0 Å². The molecular weight excluding hydrogens is 654 g/mol. The van der Waals surface area contributed by atoms with Crippen LogP contribution in [0.15, 0.2) is 12.1 Å². The van der Waals surface area contributed by atoms with E-state index in [0.29, 0.717) is 25.2 Å². The van der Waals surface area contributed by atoms with E-state index >= 15 is 0 Å². The van der Waals surface area contributed by atoms with E-state index in [1.807, 2.05) is 0 Å². The van der Waals surface area contributed by atoms with Crippen molar-refractivity contribution in [3.63, 3.8) is 0 Å². The van der Waals surface area contributed by atoms with E-state index in [-0.39, 0.29) is 54.2 Å². The maximum atomic E-state index is 12.4. The van der Waals surface area contributed by atoms with E-state index in [1.165, 1.54) is 26.4 Å². The molecule has 2 saturated heterocycles. The van der Waals surface area contributed by atoms with Crippen LogP contribution in [0.25, 0.3) is 0 Å². The number of likely N-dealkylation sites (tertiary alicyclic amines) is 2. The lowest BCUT2D eigenvalue weighted by molar-refractivity contribution is 0.0927. The standard InChI is InChI=1S/2C15H20Cl2N2O3/c2*1-3-19-6-4-5-9(19)8-18-15(21)12-13(20)10(16)7-11(17)14(12)22-2/h2*7,9,20H,3-6,8H2,1-2H3,(H,18,21)/t2*9-/m00/s1. The van der Waals surface area contributed by atoms with Crippen LogP contribution >= 0.6 is 46.4 Å². The Bertz CT molecular complexity index is 1230. The molecule has 244 valence electrons. The molecule has 0 saturated carbocycles. The lowest BCUT2D eigenvalue weighted by Crippen LogP contribution is -2.40. The Morgan fingerprint density at radius 2 is 1.11 bits per heavy atom. The Kier molecular flexibility index (Phi) is 13.8. The number of carbonyl (C=O) groups is 2. The van der Waals surface area contributed by atoms with Crippen LogP contribution in [0.4, 0.5) is 0 Å². The fourth-order valence-corrected chi connectivity index (χ4v) is 6.77. The predicted molar refractivity (Wildman–Crippen MR) is 175 cm³/mol. The van der Waals surface area contributed by atoms with Crippen LogP contribution in [-0.4, -0.2) is 97.4 Å². The number of carbonyl (C=O) groups excluding carboxylic acids is 2. The van der Waals surface area contributed by atoms with Crippen molar-refractivity contribution in [2.45, 2.75) is 51.6 Å². The molecule has 0 radical (unpaired) electrons. The van der Waals surface area contributed by atoms with Gasteiger partial charge in [0, 0.05) is 25.2 Å². The number of aromatic hydroxyl groups is 2. The molecular formula is C30H40Cl4N4O6. The Morgan fingerprint density at radius 3 is 1.43 bits per heavy atom. The summed E-state index contributed by atoms with van der Waals surface area (Å²) in [5.74, 6) is -1.28. The van der Waals surface area contributed by atoms with Crippen LogP contribution in [0.5, 0.6) is 23.0 Å². The average molecular weight is 694 g/mol. The molecule has 2 amide bonds. The van der Waals surface area contributed by atoms with Gasteiger partial charge in [-0.2, -0.15) is 0 Å². The van der Waals surface area contributed by atoms with Crippen molar-refractivity contribution >= 4 is 58.2 Å². The molecule has 4 rings (SSSR count). The highest BCUT2D eigenvalue weighted by molar-refractivity contribution is 6.38. The molecule has 0 unspecified atom stereocenters. The number of hydrogen-bond acceptors (Lipinski definition) is 8. The molecule has 2 atom stereocenters. The highest BCUT2D eigenvalue weighted by Crippen LogP contribution is 2.41. The molecule has 2 aliphatic heterocycles. The van der Waals surface area contributed by atoms with Gasteiger partial charge in [-0.15, -0.1) is 0 Å². The molecule has 2 aromatic carbocycles. The second-order valence-corrected chi connectivity index (χ2v) is 12.1. The second-order valence-electron chi connectivity index (χ2n) is 10.5. The van der Waals surface area contributed by atoms with Gasteiger partial charge in [0.25, 0.3) is 11.8 Å². The van der Waals surface area contributed by atoms with Gasteiger partial charge in [-0.05, 0) is 64.0 Å². The molecule has 2 heterocycles. The van der Waals surface area contributed by atoms with Gasteiger partial charge in [0.2, 0.25) is 0 Å². The van der Waals surface area contributed by atoms with Crippen molar-refractivity contribution in [1.82, 2.24) is 20.4 Å². The van der Waals surface area contributed by atoms with Crippen molar-refractivity contribution in [2.75, 3.05) is 53.5 Å². The Hall–Kier alpha value is -2.34. The second kappa shape index (κ2) is 16.8. The normalized spacial score (nSPS) is 18.5. The first-order chi connectivity index (χ1) is 21.0. The maximum absolute atomic E-state index is 12.4. The minimum Gasteiger partial charge on any atom is -0.505 e. The Balaban J connectivity index is 0.000000240. The monoisotopic (exact) mass is 692 g/mol. The van der Waals surface area contributed by atoms with Gasteiger partial charge in [-0.25, -0.2) is 0 Å². The van der Waals surface area contributed by atoms with Gasteiger partial charge in [0.15, 0.2) is 23.0 Å². The smallest absolute Gasteiger partial charge is 0.259 e. The minimum atomic E-state index is -0.443. The quantitative estimate of drug-likeness (QED) is 0.245. The summed E-state index contributed by atoms with van der Waals surface area (Å²) in [6, 6.07) is 3.33. The zero-order valence-corrected chi connectivity index (χ0v) is 28.3. The Morgan fingerprint density at radius 1 is 0.750 bits per heavy atom. The zero-order chi connectivity index (χ0) is 32.6. The first kappa shape index (κ1) is 36.1. The predicted octanol–water partition coefficient (Wildman–Crippen LogP) is 5.84. The van der Waals surface area contributed by atoms with E-state index in [2.05, 4.69) is 34.3 Å². The number of rotatable bonds is 10. The minimum absolute atomic E-state index is 0.0204. The molecule has 2 fully saturated rings. The van der Waals surface area contributed by atoms with Gasteiger partial charge in [0.1, 0.15) is 11.1 Å². The van der Waals surface area contributed by atoms with Gasteiger partial charge >= 0.3 is 0 Å². The Labute approximate surface area is 278 Å². The van der Waals surface area contributed by atoms with E-state index in [9.17, 15) is 19.8 Å². The summed E-state index contributed by atoms with van der Waals surface area (Å²) in [7, 11) is 2.78. The van der Waals surface area contributed by atoms with Crippen LogP contribution in [0.1, 0.15) is 60.2 Å². The van der Waals surface area contributed by atoms with Gasteiger partial charge in [-0.1, -0.05) is 60.3 Å². The lowest BCUT2D eigenvalue weighted by Gasteiger charge is -2.23. The molecule has 0 bridgehead atoms. The molecule has 2 aromatic rings. The summed E-state index contributed by atoms with van der Waals surface area (Å²) in [6.45, 7) is 9.25. The van der Waals surface area contributed by atoms with E-state index in [0.717, 1.165) is 51.9 Å². The summed E-state index contributed by atoms with van der Waals surface area (Å²) in [5.41, 5.74) is -0.0536. The van der Waals surface area contributed by atoms with E-state index in [4.69, 9.17) is 55.9 Å². The van der Waals surface area contributed by atoms with Gasteiger partial charge in [0.05, 0.1) is 34.3 Å². The number of amides is 2. The van der Waals surface area contributed by atoms with E-state index in [1.54, 1.807) is 0 Å². The molecule has 44 heavy (non-hydrogen) atoms. The van der Waals surface area contributed by atoms with Gasteiger partial charge < -0.3 is 30.3 Å². The molecule has 10 nitrogen and oxygen atoms in total. The largest absolute Gasteiger partial charge is 0.505 e. The summed E-state index contributed by atoms with van der Waals surface area (Å²) >= 11 is 23.8. The first-order valence-corrected chi connectivity index (χ1v) is 16.0. The third-order valence-corrected chi connectivity index (χ3v) is 9.13. The molecule has 0 aromatic heterocycles. The summed E-state index contributed by atoms with van der Waals surface area (Å²) < 4.78 is 10.3. The van der Waals surface area contributed by atoms with Crippen molar-refractivity contribution in [3.05, 3.63) is 43.4 Å². The van der Waals surface area contributed by atoms with Crippen LogP contribution in [0, 0.1) is 0 Å². The molecule has 14 heteroatoms. The van der Waals surface area contributed by atoms with Crippen molar-refractivity contribution < 1.29 is 29.3 Å². The SMILES string of the molecule is CCN1CCC[C@H]1CNC(=O)c1c(O)c(Cl)cc(Cl)c1OC.CCN1CCC[C@H]1CNC(=O)c1c(O)c(Cl)cc(Cl)c1OC. The third kappa shape index (κ3) is 8.47. The summed E-state index contributed by atoms with van der Waals surface area (Å²) in [4.78, 5) is 29.5. The van der Waals surface area contributed by atoms with Gasteiger partial charge in [-0.3, -0.25) is 19.4 Å². The third-order valence-electron chi connectivity index (χ3n) is 7.99. The van der Waals surface area contributed by atoms with Crippen LogP contribution in [0.3, 0.4) is 0 Å². The summed E-state index contributed by atoms with van der Waals surface area (Å²) in [5, 5.41) is 26.2. The first-order valence-electron chi connectivity index (χ1n) is 14.5. The summed E-state index contributed by atoms with van der Waals surface area (Å²) in [6.07, 6.45) is 4.36. The number of ether oxygens (including phenoxy) is 2. The highest BCUT2D eigenvalue weighted by atomic mass is 35.5. The zero-order valence-electron chi connectivity index (χ0n) is 25.3. The number of nitrogens with one attached hydrogen (secondary N) is 2. The number of hydrogen-bond donors (Lipinski definition) is 4. The van der Waals surface area contributed by atoms with Crippen LogP contribution < -0.4 is 20.1 Å². The number of nitrogens with zero attached hydrogens (tertiary/aromatic N) is 2. The molecule has 2 aliphatic rings. The molecule has 0 spiro atoms. The number of phenolic OH excluding ortho intramolecular Hbond substituents is 2. The number of methoxy groups -OCH3 is 2. The number of phenols is 2. The fraction of sp³-hybridized carbons (Fsp3) is 0.533. The van der Waals surface area contributed by atoms with Crippen molar-refractivity contribution in [1.29, 1.82) is 0 Å². The van der Waals surface area contributed by atoms with Crippen molar-refractivity contribution in [2.24, 2.45) is 0 Å². The number of likely N-dealkylation sites (N-methyl/N-ethyl adjacent to an activating group) is 2. The maximum Gasteiger partial charge on any atom is 0.259 e. The highest BCUT2D eigenvalue weighted by Gasteiger charge is 2.28. The number of benzene rings is 2. The lowest BCUT2D eigenvalue weighted by atomic mass is 10.1. The molecule has 4 N–H and O–H groups in total. The topological polar surface area (TPSA) is 124 Å². The number of halogens is 4.